The number of hydrogen-bond donors (Lipinski definition) is 0. The van der Waals surface area contributed by atoms with Gasteiger partial charge in [0.2, 0.25) is 5.91 Å². The van der Waals surface area contributed by atoms with Crippen LogP contribution in [0.1, 0.15) is 43.8 Å². The molecule has 1 atom stereocenters. The van der Waals surface area contributed by atoms with Crippen molar-refractivity contribution < 1.29 is 9.53 Å². The maximum atomic E-state index is 13.7. The molecular weight excluding hydrogens is 534 g/mol. The van der Waals surface area contributed by atoms with Crippen LogP contribution in [0.2, 0.25) is 0 Å². The second-order valence-corrected chi connectivity index (χ2v) is 12.4. The van der Waals surface area contributed by atoms with Crippen LogP contribution < -0.4 is 14.5 Å². The Morgan fingerprint density at radius 3 is 2.54 bits per heavy atom. The average molecular weight is 578 g/mol. The van der Waals surface area contributed by atoms with Crippen LogP contribution in [0.15, 0.2) is 35.8 Å². The van der Waals surface area contributed by atoms with Gasteiger partial charge in [-0.15, -0.1) is 11.3 Å². The van der Waals surface area contributed by atoms with Gasteiger partial charge in [0.05, 0.1) is 24.4 Å². The Balaban J connectivity index is 1.24. The molecule has 1 unspecified atom stereocenters. The summed E-state index contributed by atoms with van der Waals surface area (Å²) in [6, 6.07) is 8.20. The molecule has 3 aliphatic heterocycles. The summed E-state index contributed by atoms with van der Waals surface area (Å²) in [4.78, 5) is 35.3. The smallest absolute Gasteiger partial charge is 0.224 e. The Bertz CT molecular complexity index is 1320. The third kappa shape index (κ3) is 6.29. The molecule has 6 rings (SSSR count). The molecule has 1 amide bonds. The summed E-state index contributed by atoms with van der Waals surface area (Å²) in [7, 11) is 3.87. The van der Waals surface area contributed by atoms with Gasteiger partial charge in [-0.05, 0) is 50.9 Å². The van der Waals surface area contributed by atoms with Crippen molar-refractivity contribution in [1.29, 1.82) is 0 Å². The number of piperazine rings is 1. The number of likely N-dealkylation sites (N-methyl/N-ethyl adjacent to an activating group) is 1. The summed E-state index contributed by atoms with van der Waals surface area (Å²) in [5.74, 6) is 1.11. The van der Waals surface area contributed by atoms with Crippen LogP contribution >= 0.6 is 11.3 Å². The van der Waals surface area contributed by atoms with E-state index in [-0.39, 0.29) is 11.9 Å². The molecule has 0 N–H and O–H groups in total. The summed E-state index contributed by atoms with van der Waals surface area (Å²) in [6.07, 6.45) is 7.10. The molecule has 10 heteroatoms. The molecule has 2 aromatic heterocycles. The van der Waals surface area contributed by atoms with Crippen LogP contribution in [0.25, 0.3) is 10.9 Å². The van der Waals surface area contributed by atoms with Crippen LogP contribution in [-0.4, -0.2) is 110 Å². The first-order valence-electron chi connectivity index (χ1n) is 15.2. The lowest BCUT2D eigenvalue weighted by Gasteiger charge is -2.35. The van der Waals surface area contributed by atoms with Crippen molar-refractivity contribution >= 4 is 39.0 Å². The number of carbonyl (C=O) groups excluding carboxylic acids is 1. The molecule has 3 aromatic rings. The zero-order valence-corrected chi connectivity index (χ0v) is 25.3. The van der Waals surface area contributed by atoms with Gasteiger partial charge < -0.3 is 24.3 Å². The van der Waals surface area contributed by atoms with E-state index in [0.29, 0.717) is 6.42 Å². The number of benzene rings is 1. The Labute approximate surface area is 247 Å². The molecule has 3 fully saturated rings. The maximum absolute atomic E-state index is 13.7. The second kappa shape index (κ2) is 12.9. The van der Waals surface area contributed by atoms with Gasteiger partial charge >= 0.3 is 0 Å². The van der Waals surface area contributed by atoms with Crippen molar-refractivity contribution in [2.45, 2.75) is 38.1 Å². The van der Waals surface area contributed by atoms with E-state index in [0.717, 1.165) is 105 Å². The fourth-order valence-electron chi connectivity index (χ4n) is 6.49. The molecule has 41 heavy (non-hydrogen) atoms. The van der Waals surface area contributed by atoms with Crippen LogP contribution in [0.5, 0.6) is 5.75 Å². The first-order valence-corrected chi connectivity index (χ1v) is 16.1. The topological polar surface area (TPSA) is 68.3 Å². The van der Waals surface area contributed by atoms with E-state index in [9.17, 15) is 4.79 Å². The first kappa shape index (κ1) is 28.2. The highest BCUT2D eigenvalue weighted by molar-refractivity contribution is 7.13. The molecule has 9 nitrogen and oxygen atoms in total. The Kier molecular flexibility index (Phi) is 8.88. The largest absolute Gasteiger partial charge is 0.494 e. The monoisotopic (exact) mass is 577 g/mol. The van der Waals surface area contributed by atoms with Crippen molar-refractivity contribution in [3.05, 3.63) is 41.5 Å². The van der Waals surface area contributed by atoms with Crippen molar-refractivity contribution in [2.75, 3.05) is 89.4 Å². The zero-order valence-electron chi connectivity index (χ0n) is 24.5. The molecular formula is C31H43N7O2S. The minimum absolute atomic E-state index is 0.0237. The van der Waals surface area contributed by atoms with E-state index in [1.54, 1.807) is 18.4 Å². The van der Waals surface area contributed by atoms with E-state index in [1.165, 1.54) is 19.3 Å². The minimum atomic E-state index is -0.0237. The number of fused-ring (bicyclic) bond motifs is 1. The fraction of sp³-hybridized carbons (Fsp3) is 0.581. The van der Waals surface area contributed by atoms with Gasteiger partial charge in [0.1, 0.15) is 11.4 Å². The Morgan fingerprint density at radius 1 is 0.927 bits per heavy atom. The van der Waals surface area contributed by atoms with Gasteiger partial charge in [-0.1, -0.05) is 6.07 Å². The molecule has 5 heterocycles. The van der Waals surface area contributed by atoms with Crippen LogP contribution in [-0.2, 0) is 4.79 Å². The lowest BCUT2D eigenvalue weighted by molar-refractivity contribution is -0.134. The predicted octanol–water partition coefficient (Wildman–Crippen LogP) is 4.11. The number of pyridine rings is 1. The molecule has 0 bridgehead atoms. The number of aromatic nitrogens is 2. The first-order chi connectivity index (χ1) is 20.1. The minimum Gasteiger partial charge on any atom is -0.494 e. The number of methoxy groups -OCH3 is 1. The number of amides is 1. The number of rotatable bonds is 7. The fourth-order valence-corrected chi connectivity index (χ4v) is 7.41. The number of anilines is 2. The third-order valence-electron chi connectivity index (χ3n) is 8.92. The van der Waals surface area contributed by atoms with Gasteiger partial charge in [-0.2, -0.15) is 0 Å². The summed E-state index contributed by atoms with van der Waals surface area (Å²) < 4.78 is 5.82. The zero-order chi connectivity index (χ0) is 28.2. The van der Waals surface area contributed by atoms with E-state index < -0.39 is 0 Å². The van der Waals surface area contributed by atoms with Gasteiger partial charge in [-0.25, -0.2) is 4.98 Å². The van der Waals surface area contributed by atoms with Crippen molar-refractivity contribution in [3.8, 4) is 5.75 Å². The Morgan fingerprint density at radius 2 is 1.73 bits per heavy atom. The van der Waals surface area contributed by atoms with E-state index in [2.05, 4.69) is 55.1 Å². The normalized spacial score (nSPS) is 20.3. The van der Waals surface area contributed by atoms with Crippen molar-refractivity contribution in [2.24, 2.45) is 0 Å². The highest BCUT2D eigenvalue weighted by Crippen LogP contribution is 2.37. The standard InChI is InChI=1S/C31H43N7O2S/c1-34-16-18-36(19-17-34)28(39)22-26(25-23-41-31(33-25)38-12-4-3-5-13-38)35-14-7-15-37(21-20-35)30-27(40-2)10-9-24-8-6-11-32-29(24)30/h6,8-11,23,26H,3-5,7,12-22H2,1-2H3. The number of hydrogen-bond acceptors (Lipinski definition) is 9. The summed E-state index contributed by atoms with van der Waals surface area (Å²) in [6.45, 7) is 9.18. The van der Waals surface area contributed by atoms with Crippen molar-refractivity contribution in [1.82, 2.24) is 24.7 Å². The lowest BCUT2D eigenvalue weighted by Crippen LogP contribution is -2.48. The SMILES string of the molecule is COc1ccc2cccnc2c1N1CCCN(C(CC(=O)N2CCN(C)CC2)c2csc(N3CCCCC3)n2)CC1. The molecule has 0 radical (unpaired) electrons. The van der Waals surface area contributed by atoms with Gasteiger partial charge in [0, 0.05) is 88.8 Å². The highest BCUT2D eigenvalue weighted by Gasteiger charge is 2.31. The van der Waals surface area contributed by atoms with Gasteiger partial charge in [0.15, 0.2) is 5.13 Å². The van der Waals surface area contributed by atoms with Gasteiger partial charge in [0.25, 0.3) is 0 Å². The molecule has 3 aliphatic rings. The molecule has 0 spiro atoms. The predicted molar refractivity (Wildman–Crippen MR) is 166 cm³/mol. The summed E-state index contributed by atoms with van der Waals surface area (Å²) in [5.41, 5.74) is 3.10. The lowest BCUT2D eigenvalue weighted by atomic mass is 10.1. The van der Waals surface area contributed by atoms with Gasteiger partial charge in [-0.3, -0.25) is 14.7 Å². The van der Waals surface area contributed by atoms with Crippen molar-refractivity contribution in [3.63, 3.8) is 0 Å². The third-order valence-corrected chi connectivity index (χ3v) is 9.84. The quantitative estimate of drug-likeness (QED) is 0.416. The van der Waals surface area contributed by atoms with E-state index >= 15 is 0 Å². The van der Waals surface area contributed by atoms with E-state index in [4.69, 9.17) is 14.7 Å². The number of nitrogens with zero attached hydrogens (tertiary/aromatic N) is 7. The number of thiazole rings is 1. The van der Waals surface area contributed by atoms with Crippen LogP contribution in [0, 0.1) is 0 Å². The molecule has 3 saturated heterocycles. The highest BCUT2D eigenvalue weighted by atomic mass is 32.1. The number of piperidine rings is 1. The summed E-state index contributed by atoms with van der Waals surface area (Å²) >= 11 is 1.74. The number of carbonyl (C=O) groups is 1. The van der Waals surface area contributed by atoms with Crippen LogP contribution in [0.4, 0.5) is 10.8 Å². The Hall–Kier alpha value is -2.95. The second-order valence-electron chi connectivity index (χ2n) is 11.6. The van der Waals surface area contributed by atoms with Crippen LogP contribution in [0.3, 0.4) is 0 Å². The molecule has 220 valence electrons. The molecule has 0 aliphatic carbocycles. The maximum Gasteiger partial charge on any atom is 0.224 e. The summed E-state index contributed by atoms with van der Waals surface area (Å²) in [5, 5.41) is 4.44. The average Bonchev–Trinajstić information content (AvgIpc) is 3.38. The number of ether oxygens (including phenoxy) is 1. The molecule has 0 saturated carbocycles. The van der Waals surface area contributed by atoms with E-state index in [1.807, 2.05) is 12.3 Å². The molecule has 1 aromatic carbocycles.